The Morgan fingerprint density at radius 1 is 1.19 bits per heavy atom. The van der Waals surface area contributed by atoms with Crippen molar-refractivity contribution in [3.05, 3.63) is 63.0 Å². The van der Waals surface area contributed by atoms with Crippen molar-refractivity contribution in [2.24, 2.45) is 5.92 Å². The van der Waals surface area contributed by atoms with Gasteiger partial charge in [-0.15, -0.1) is 0 Å². The van der Waals surface area contributed by atoms with Gasteiger partial charge in [0.15, 0.2) is 5.58 Å². The summed E-state index contributed by atoms with van der Waals surface area (Å²) in [4.78, 5) is 14.2. The second-order valence-corrected chi connectivity index (χ2v) is 8.58. The molecule has 0 unspecified atom stereocenters. The quantitative estimate of drug-likeness (QED) is 0.578. The van der Waals surface area contributed by atoms with E-state index in [0.29, 0.717) is 5.92 Å². The van der Waals surface area contributed by atoms with Gasteiger partial charge in [0, 0.05) is 0 Å². The third-order valence-electron chi connectivity index (χ3n) is 5.81. The number of halogens is 4. The van der Waals surface area contributed by atoms with E-state index in [4.69, 9.17) is 20.8 Å². The average molecular weight is 469 g/mol. The second-order valence-electron chi connectivity index (χ2n) is 8.17. The lowest BCUT2D eigenvalue weighted by Crippen LogP contribution is -3.11. The fraction of sp³-hybridized carbons (Fsp3) is 0.348. The molecule has 170 valence electrons. The van der Waals surface area contributed by atoms with Gasteiger partial charge in [-0.1, -0.05) is 30.7 Å². The van der Waals surface area contributed by atoms with Crippen LogP contribution in [0.15, 0.2) is 45.6 Å². The van der Waals surface area contributed by atoms with E-state index in [2.05, 4.69) is 6.92 Å². The normalized spacial score (nSPS) is 19.3. The number of fused-ring (bicyclic) bond motifs is 1. The summed E-state index contributed by atoms with van der Waals surface area (Å²) in [5, 5.41) is 10.4. The smallest absolute Gasteiger partial charge is 0.453 e. The summed E-state index contributed by atoms with van der Waals surface area (Å²) in [6.07, 6.45) is -3.04. The molecule has 1 aromatic heterocycles. The van der Waals surface area contributed by atoms with Gasteiger partial charge in [-0.3, -0.25) is 4.79 Å². The van der Waals surface area contributed by atoms with E-state index in [1.165, 1.54) is 30.3 Å². The molecule has 1 saturated heterocycles. The van der Waals surface area contributed by atoms with Crippen molar-refractivity contribution in [2.75, 3.05) is 13.1 Å². The molecule has 0 radical (unpaired) electrons. The highest BCUT2D eigenvalue weighted by Gasteiger charge is 2.41. The molecule has 3 aromatic rings. The van der Waals surface area contributed by atoms with Crippen molar-refractivity contribution in [1.29, 1.82) is 0 Å². The summed E-state index contributed by atoms with van der Waals surface area (Å²) in [5.41, 5.74) is -1.08. The standard InChI is InChI=1S/C23H21ClF3NO4/c1-13-8-10-28(11-9-13)12-15-17(29)7-6-14-19(30)21(22(23(25,26)27)32-20(14)15)31-18-5-3-2-4-16(18)24/h2-7,13,29H,8-12H2,1H3/p+1. The van der Waals surface area contributed by atoms with Crippen LogP contribution in [0.4, 0.5) is 13.2 Å². The first kappa shape index (κ1) is 22.5. The predicted molar refractivity (Wildman–Crippen MR) is 113 cm³/mol. The largest absolute Gasteiger partial charge is 0.507 e. The second kappa shape index (κ2) is 8.67. The van der Waals surface area contributed by atoms with Crippen LogP contribution in [0.2, 0.25) is 5.02 Å². The number of piperidine rings is 1. The molecule has 5 nitrogen and oxygen atoms in total. The van der Waals surface area contributed by atoms with Crippen molar-refractivity contribution in [1.82, 2.24) is 0 Å². The molecule has 0 bridgehead atoms. The molecular weight excluding hydrogens is 447 g/mol. The predicted octanol–water partition coefficient (Wildman–Crippen LogP) is 4.78. The number of quaternary nitrogens is 1. The zero-order valence-corrected chi connectivity index (χ0v) is 18.0. The van der Waals surface area contributed by atoms with Crippen molar-refractivity contribution in [3.8, 4) is 17.2 Å². The van der Waals surface area contributed by atoms with Gasteiger partial charge in [0.2, 0.25) is 11.2 Å². The third kappa shape index (κ3) is 4.42. The molecule has 2 aromatic carbocycles. The SMILES string of the molecule is CC1CC[NH+](Cc2c(O)ccc3c(=O)c(Oc4ccccc4Cl)c(C(F)(F)F)oc23)CC1. The highest BCUT2D eigenvalue weighted by Crippen LogP contribution is 2.40. The molecule has 0 atom stereocenters. The van der Waals surface area contributed by atoms with Gasteiger partial charge < -0.3 is 19.2 Å². The molecule has 2 N–H and O–H groups in total. The van der Waals surface area contributed by atoms with E-state index in [-0.39, 0.29) is 39.6 Å². The van der Waals surface area contributed by atoms with Crippen molar-refractivity contribution in [2.45, 2.75) is 32.5 Å². The van der Waals surface area contributed by atoms with Crippen molar-refractivity contribution in [3.63, 3.8) is 0 Å². The number of ether oxygens (including phenoxy) is 1. The Hall–Kier alpha value is -2.71. The van der Waals surface area contributed by atoms with Gasteiger partial charge >= 0.3 is 6.18 Å². The average Bonchev–Trinajstić information content (AvgIpc) is 2.74. The summed E-state index contributed by atoms with van der Waals surface area (Å²) in [5.74, 6) is -2.28. The highest BCUT2D eigenvalue weighted by atomic mass is 35.5. The van der Waals surface area contributed by atoms with Crippen LogP contribution < -0.4 is 15.1 Å². The lowest BCUT2D eigenvalue weighted by Gasteiger charge is -2.27. The number of likely N-dealkylation sites (tertiary alicyclic amines) is 1. The molecule has 1 fully saturated rings. The van der Waals surface area contributed by atoms with Crippen LogP contribution in [-0.4, -0.2) is 18.2 Å². The Morgan fingerprint density at radius 2 is 1.88 bits per heavy atom. The van der Waals surface area contributed by atoms with Crippen LogP contribution in [0.1, 0.15) is 31.1 Å². The maximum atomic E-state index is 13.9. The van der Waals surface area contributed by atoms with Gasteiger partial charge in [-0.2, -0.15) is 13.2 Å². The zero-order valence-electron chi connectivity index (χ0n) is 17.3. The van der Waals surface area contributed by atoms with Crippen LogP contribution >= 0.6 is 11.6 Å². The van der Waals surface area contributed by atoms with Crippen molar-refractivity contribution < 1.29 is 32.3 Å². The summed E-state index contributed by atoms with van der Waals surface area (Å²) in [6, 6.07) is 8.44. The Labute approximate surface area is 187 Å². The molecule has 32 heavy (non-hydrogen) atoms. The molecule has 9 heteroatoms. The summed E-state index contributed by atoms with van der Waals surface area (Å²) in [7, 11) is 0. The number of aromatic hydroxyl groups is 1. The fourth-order valence-electron chi connectivity index (χ4n) is 3.97. The Morgan fingerprint density at radius 3 is 2.53 bits per heavy atom. The third-order valence-corrected chi connectivity index (χ3v) is 6.12. The Bertz CT molecular complexity index is 1200. The van der Waals surface area contributed by atoms with E-state index in [9.17, 15) is 23.1 Å². The summed E-state index contributed by atoms with van der Waals surface area (Å²) >= 11 is 6.00. The number of hydrogen-bond acceptors (Lipinski definition) is 4. The number of nitrogens with one attached hydrogen (secondary N) is 1. The molecule has 0 spiro atoms. The van der Waals surface area contributed by atoms with E-state index in [0.717, 1.165) is 30.8 Å². The number of benzene rings is 2. The zero-order chi connectivity index (χ0) is 23.0. The van der Waals surface area contributed by atoms with Crippen LogP contribution in [0.3, 0.4) is 0 Å². The van der Waals surface area contributed by atoms with Gasteiger partial charge in [-0.05, 0) is 43.0 Å². The maximum Gasteiger partial charge on any atom is 0.453 e. The van der Waals surface area contributed by atoms with Crippen LogP contribution in [0.25, 0.3) is 11.0 Å². The van der Waals surface area contributed by atoms with Crippen molar-refractivity contribution >= 4 is 22.6 Å². The maximum absolute atomic E-state index is 13.9. The lowest BCUT2D eigenvalue weighted by atomic mass is 9.98. The number of phenols is 1. The minimum atomic E-state index is -5.00. The molecule has 0 aliphatic carbocycles. The number of para-hydroxylation sites is 1. The molecule has 0 saturated carbocycles. The van der Waals surface area contributed by atoms with E-state index in [1.54, 1.807) is 6.07 Å². The van der Waals surface area contributed by atoms with Crippen LogP contribution in [-0.2, 0) is 12.7 Å². The highest BCUT2D eigenvalue weighted by molar-refractivity contribution is 6.32. The topological polar surface area (TPSA) is 64.1 Å². The molecule has 1 aliphatic heterocycles. The van der Waals surface area contributed by atoms with Gasteiger partial charge in [0.25, 0.3) is 5.76 Å². The minimum Gasteiger partial charge on any atom is -0.507 e. The first-order chi connectivity index (χ1) is 15.1. The van der Waals surface area contributed by atoms with Crippen LogP contribution in [0, 0.1) is 5.92 Å². The van der Waals surface area contributed by atoms with E-state index >= 15 is 0 Å². The monoisotopic (exact) mass is 468 g/mol. The summed E-state index contributed by atoms with van der Waals surface area (Å²) < 4.78 is 52.2. The number of alkyl halides is 3. The number of hydrogen-bond donors (Lipinski definition) is 2. The first-order valence-electron chi connectivity index (χ1n) is 10.3. The fourth-order valence-corrected chi connectivity index (χ4v) is 4.15. The minimum absolute atomic E-state index is 0.0504. The van der Waals surface area contributed by atoms with Crippen LogP contribution in [0.5, 0.6) is 17.2 Å². The van der Waals surface area contributed by atoms with Gasteiger partial charge in [-0.25, -0.2) is 0 Å². The molecule has 0 amide bonds. The number of phenolic OH excluding ortho intramolecular Hbond substituents is 1. The Balaban J connectivity index is 1.86. The van der Waals surface area contributed by atoms with E-state index in [1.807, 2.05) is 0 Å². The van der Waals surface area contributed by atoms with Gasteiger partial charge in [0.1, 0.15) is 18.0 Å². The molecule has 4 rings (SSSR count). The molecule has 2 heterocycles. The lowest BCUT2D eigenvalue weighted by molar-refractivity contribution is -0.919. The summed E-state index contributed by atoms with van der Waals surface area (Å²) in [6.45, 7) is 4.05. The van der Waals surface area contributed by atoms with E-state index < -0.39 is 23.1 Å². The number of rotatable bonds is 4. The first-order valence-corrected chi connectivity index (χ1v) is 10.7. The Kier molecular flexibility index (Phi) is 6.09. The molecular formula is C23H22ClF3NO4+. The molecule has 1 aliphatic rings. The van der Waals surface area contributed by atoms with Gasteiger partial charge in [0.05, 0.1) is 29.1 Å².